The van der Waals surface area contributed by atoms with Crippen molar-refractivity contribution in [2.75, 3.05) is 31.1 Å². The van der Waals surface area contributed by atoms with Crippen LogP contribution in [0.2, 0.25) is 5.02 Å². The molecule has 2 rings (SSSR count). The van der Waals surface area contributed by atoms with E-state index >= 15 is 0 Å². The number of pyridine rings is 1. The molecular weight excluding hydrogens is 288 g/mol. The summed E-state index contributed by atoms with van der Waals surface area (Å²) in [6.07, 6.45) is 1.67. The molecule has 0 aliphatic carbocycles. The molecule has 1 unspecified atom stereocenters. The highest BCUT2D eigenvalue weighted by Crippen LogP contribution is 2.17. The molecule has 2 heterocycles. The number of anilines is 1. The second-order valence-corrected chi connectivity index (χ2v) is 6.13. The zero-order valence-electron chi connectivity index (χ0n) is 12.8. The fraction of sp³-hybridized carbons (Fsp3) is 0.600. The van der Waals surface area contributed by atoms with Gasteiger partial charge in [-0.05, 0) is 32.9 Å². The van der Waals surface area contributed by atoms with Crippen molar-refractivity contribution < 1.29 is 4.79 Å². The van der Waals surface area contributed by atoms with Gasteiger partial charge in [0.15, 0.2) is 0 Å². The number of hydrogen-bond acceptors (Lipinski definition) is 4. The Morgan fingerprint density at radius 2 is 1.90 bits per heavy atom. The predicted molar refractivity (Wildman–Crippen MR) is 85.8 cm³/mol. The van der Waals surface area contributed by atoms with Crippen molar-refractivity contribution in [3.8, 4) is 0 Å². The lowest BCUT2D eigenvalue weighted by atomic mass is 10.2. The van der Waals surface area contributed by atoms with Crippen molar-refractivity contribution in [1.29, 1.82) is 0 Å². The number of carbonyl (C=O) groups excluding carboxylic acids is 1. The number of nitrogens with one attached hydrogen (secondary N) is 1. The summed E-state index contributed by atoms with van der Waals surface area (Å²) >= 11 is 5.86. The van der Waals surface area contributed by atoms with Crippen molar-refractivity contribution in [2.24, 2.45) is 0 Å². The predicted octanol–water partition coefficient (Wildman–Crippen LogP) is 1.77. The second-order valence-electron chi connectivity index (χ2n) is 5.70. The van der Waals surface area contributed by atoms with Crippen molar-refractivity contribution >= 4 is 23.3 Å². The van der Waals surface area contributed by atoms with Crippen molar-refractivity contribution in [2.45, 2.75) is 32.9 Å². The van der Waals surface area contributed by atoms with Crippen LogP contribution in [0.1, 0.15) is 20.8 Å². The minimum atomic E-state index is -0.0901. The molecule has 5 nitrogen and oxygen atoms in total. The third-order valence-corrected chi connectivity index (χ3v) is 3.93. The molecule has 1 aliphatic rings. The minimum Gasteiger partial charge on any atom is -0.354 e. The number of aromatic nitrogens is 1. The standard InChI is InChI=1S/C15H23ClN4O/c1-11(2)18-15(21)12(3)19-6-8-20(9-7-19)14-5-4-13(16)10-17-14/h4-5,10-12H,6-9H2,1-3H3,(H,18,21). The first-order valence-corrected chi connectivity index (χ1v) is 7.76. The van der Waals surface area contributed by atoms with Gasteiger partial charge in [0.1, 0.15) is 5.82 Å². The van der Waals surface area contributed by atoms with Crippen LogP contribution < -0.4 is 10.2 Å². The maximum atomic E-state index is 12.0. The summed E-state index contributed by atoms with van der Waals surface area (Å²) in [5.74, 6) is 1.04. The van der Waals surface area contributed by atoms with E-state index in [2.05, 4.69) is 20.1 Å². The first-order valence-electron chi connectivity index (χ1n) is 7.38. The Balaban J connectivity index is 1.88. The van der Waals surface area contributed by atoms with Gasteiger partial charge in [-0.15, -0.1) is 0 Å². The van der Waals surface area contributed by atoms with E-state index in [1.807, 2.05) is 32.9 Å². The van der Waals surface area contributed by atoms with E-state index < -0.39 is 0 Å². The minimum absolute atomic E-state index is 0.0901. The molecule has 116 valence electrons. The fourth-order valence-electron chi connectivity index (χ4n) is 2.46. The van der Waals surface area contributed by atoms with E-state index in [1.165, 1.54) is 0 Å². The van der Waals surface area contributed by atoms with Crippen LogP contribution in [0.5, 0.6) is 0 Å². The lowest BCUT2D eigenvalue weighted by molar-refractivity contribution is -0.126. The van der Waals surface area contributed by atoms with E-state index in [1.54, 1.807) is 6.20 Å². The highest BCUT2D eigenvalue weighted by atomic mass is 35.5. The van der Waals surface area contributed by atoms with Gasteiger partial charge in [-0.3, -0.25) is 9.69 Å². The molecular formula is C15H23ClN4O. The third-order valence-electron chi connectivity index (χ3n) is 3.71. The Labute approximate surface area is 131 Å². The number of carbonyl (C=O) groups is 1. The van der Waals surface area contributed by atoms with Crippen LogP contribution in [-0.2, 0) is 4.79 Å². The van der Waals surface area contributed by atoms with Crippen LogP contribution in [0, 0.1) is 0 Å². The van der Waals surface area contributed by atoms with Gasteiger partial charge in [-0.1, -0.05) is 11.6 Å². The molecule has 1 amide bonds. The molecule has 0 spiro atoms. The molecule has 1 saturated heterocycles. The van der Waals surface area contributed by atoms with Crippen molar-refractivity contribution in [3.05, 3.63) is 23.4 Å². The molecule has 0 radical (unpaired) electrons. The normalized spacial score (nSPS) is 17.9. The summed E-state index contributed by atoms with van der Waals surface area (Å²) < 4.78 is 0. The summed E-state index contributed by atoms with van der Waals surface area (Å²) in [6.45, 7) is 9.38. The van der Waals surface area contributed by atoms with E-state index in [9.17, 15) is 4.79 Å². The summed E-state index contributed by atoms with van der Waals surface area (Å²) in [5.41, 5.74) is 0. The maximum Gasteiger partial charge on any atom is 0.237 e. The SMILES string of the molecule is CC(C)NC(=O)C(C)N1CCN(c2ccc(Cl)cn2)CC1. The molecule has 1 aliphatic heterocycles. The van der Waals surface area contributed by atoms with Crippen LogP contribution in [0.3, 0.4) is 0 Å². The van der Waals surface area contributed by atoms with Gasteiger partial charge in [0, 0.05) is 38.4 Å². The van der Waals surface area contributed by atoms with Gasteiger partial charge in [-0.2, -0.15) is 0 Å². The third kappa shape index (κ3) is 4.32. The van der Waals surface area contributed by atoms with E-state index in [0.717, 1.165) is 32.0 Å². The van der Waals surface area contributed by atoms with Crippen LogP contribution in [0.4, 0.5) is 5.82 Å². The van der Waals surface area contributed by atoms with Crippen LogP contribution in [0.25, 0.3) is 0 Å². The number of amides is 1. The first-order chi connectivity index (χ1) is 9.97. The molecule has 0 aromatic carbocycles. The molecule has 6 heteroatoms. The number of nitrogens with zero attached hydrogens (tertiary/aromatic N) is 3. The van der Waals surface area contributed by atoms with Crippen LogP contribution >= 0.6 is 11.6 Å². The van der Waals surface area contributed by atoms with Gasteiger partial charge in [0.2, 0.25) is 5.91 Å². The van der Waals surface area contributed by atoms with Gasteiger partial charge in [-0.25, -0.2) is 4.98 Å². The Kier molecular flexibility index (Phi) is 5.42. The summed E-state index contributed by atoms with van der Waals surface area (Å²) in [6, 6.07) is 3.88. The largest absolute Gasteiger partial charge is 0.354 e. The smallest absolute Gasteiger partial charge is 0.237 e. The Morgan fingerprint density at radius 3 is 2.43 bits per heavy atom. The highest BCUT2D eigenvalue weighted by molar-refractivity contribution is 6.30. The van der Waals surface area contributed by atoms with E-state index in [-0.39, 0.29) is 18.0 Å². The Bertz CT molecular complexity index is 469. The molecule has 1 aromatic rings. The average molecular weight is 311 g/mol. The molecule has 0 saturated carbocycles. The van der Waals surface area contributed by atoms with Gasteiger partial charge < -0.3 is 10.2 Å². The monoisotopic (exact) mass is 310 g/mol. The first kappa shape index (κ1) is 16.0. The lowest BCUT2D eigenvalue weighted by Crippen LogP contribution is -2.54. The van der Waals surface area contributed by atoms with E-state index in [0.29, 0.717) is 5.02 Å². The topological polar surface area (TPSA) is 48.5 Å². The fourth-order valence-corrected chi connectivity index (χ4v) is 2.58. The van der Waals surface area contributed by atoms with Crippen LogP contribution in [-0.4, -0.2) is 54.1 Å². The average Bonchev–Trinajstić information content (AvgIpc) is 2.47. The van der Waals surface area contributed by atoms with Gasteiger partial charge in [0.25, 0.3) is 0 Å². The molecule has 1 aromatic heterocycles. The maximum absolute atomic E-state index is 12.0. The van der Waals surface area contributed by atoms with Gasteiger partial charge in [0.05, 0.1) is 11.1 Å². The zero-order valence-corrected chi connectivity index (χ0v) is 13.6. The summed E-state index contributed by atoms with van der Waals surface area (Å²) in [7, 11) is 0. The Hall–Kier alpha value is -1.33. The van der Waals surface area contributed by atoms with Gasteiger partial charge >= 0.3 is 0 Å². The molecule has 21 heavy (non-hydrogen) atoms. The van der Waals surface area contributed by atoms with Crippen molar-refractivity contribution in [1.82, 2.24) is 15.2 Å². The summed E-state index contributed by atoms with van der Waals surface area (Å²) in [4.78, 5) is 20.8. The Morgan fingerprint density at radius 1 is 1.24 bits per heavy atom. The number of hydrogen-bond donors (Lipinski definition) is 1. The number of rotatable bonds is 4. The van der Waals surface area contributed by atoms with Crippen LogP contribution in [0.15, 0.2) is 18.3 Å². The van der Waals surface area contributed by atoms with Crippen molar-refractivity contribution in [3.63, 3.8) is 0 Å². The zero-order chi connectivity index (χ0) is 15.4. The number of piperazine rings is 1. The van der Waals surface area contributed by atoms with E-state index in [4.69, 9.17) is 11.6 Å². The number of halogens is 1. The second kappa shape index (κ2) is 7.09. The molecule has 1 fully saturated rings. The molecule has 0 bridgehead atoms. The molecule has 1 atom stereocenters. The summed E-state index contributed by atoms with van der Waals surface area (Å²) in [5, 5.41) is 3.62. The highest BCUT2D eigenvalue weighted by Gasteiger charge is 2.26. The lowest BCUT2D eigenvalue weighted by Gasteiger charge is -2.38. The molecule has 1 N–H and O–H groups in total. The quantitative estimate of drug-likeness (QED) is 0.921.